The topological polar surface area (TPSA) is 58.6 Å². The molecule has 0 atom stereocenters. The number of hydrogen-bond donors (Lipinski definition) is 1. The summed E-state index contributed by atoms with van der Waals surface area (Å²) in [6.07, 6.45) is 8.00. The highest BCUT2D eigenvalue weighted by Crippen LogP contribution is 2.17. The molecule has 0 aromatic heterocycles. The first-order chi connectivity index (χ1) is 10.2. The van der Waals surface area contributed by atoms with E-state index in [1.807, 2.05) is 4.90 Å². The van der Waals surface area contributed by atoms with Crippen LogP contribution in [0.3, 0.4) is 0 Å². The second kappa shape index (κ2) is 10.4. The van der Waals surface area contributed by atoms with Gasteiger partial charge in [0.05, 0.1) is 13.2 Å². The van der Waals surface area contributed by atoms with Crippen molar-refractivity contribution in [2.75, 3.05) is 26.2 Å². The quantitative estimate of drug-likeness (QED) is 0.521. The van der Waals surface area contributed by atoms with E-state index in [0.29, 0.717) is 32.2 Å². The fourth-order valence-corrected chi connectivity index (χ4v) is 2.61. The van der Waals surface area contributed by atoms with Gasteiger partial charge in [-0.15, -0.1) is 6.58 Å². The number of rotatable bonds is 9. The van der Waals surface area contributed by atoms with Crippen LogP contribution in [0, 0.1) is 0 Å². The van der Waals surface area contributed by atoms with Crippen LogP contribution in [0.1, 0.15) is 45.4 Å². The number of carbonyl (C=O) groups is 2. The molecule has 5 heteroatoms. The molecule has 0 saturated heterocycles. The van der Waals surface area contributed by atoms with Crippen LogP contribution in [0.4, 0.5) is 0 Å². The maximum Gasteiger partial charge on any atom is 0.320 e. The first-order valence-corrected chi connectivity index (χ1v) is 7.94. The Hall–Kier alpha value is -1.36. The van der Waals surface area contributed by atoms with Gasteiger partial charge < -0.3 is 10.1 Å². The minimum absolute atomic E-state index is 0.0693. The maximum atomic E-state index is 12.0. The summed E-state index contributed by atoms with van der Waals surface area (Å²) in [5, 5.41) is 3.09. The van der Waals surface area contributed by atoms with E-state index in [2.05, 4.69) is 11.9 Å². The van der Waals surface area contributed by atoms with Gasteiger partial charge in [0.25, 0.3) is 0 Å². The SMILES string of the molecule is C=CCN(CCC(=O)NC1CCCCC1)CC(=O)OCC. The summed E-state index contributed by atoms with van der Waals surface area (Å²) in [4.78, 5) is 25.3. The van der Waals surface area contributed by atoms with E-state index in [9.17, 15) is 9.59 Å². The number of amides is 1. The number of ether oxygens (including phenoxy) is 1. The normalized spacial score (nSPS) is 15.7. The van der Waals surface area contributed by atoms with Gasteiger partial charge in [-0.3, -0.25) is 14.5 Å². The Morgan fingerprint density at radius 1 is 1.33 bits per heavy atom. The van der Waals surface area contributed by atoms with Crippen LogP contribution in [-0.4, -0.2) is 49.1 Å². The number of carbonyl (C=O) groups excluding carboxylic acids is 2. The molecule has 1 fully saturated rings. The van der Waals surface area contributed by atoms with Crippen molar-refractivity contribution in [1.29, 1.82) is 0 Å². The van der Waals surface area contributed by atoms with Crippen LogP contribution in [0.5, 0.6) is 0 Å². The van der Waals surface area contributed by atoms with E-state index in [0.717, 1.165) is 12.8 Å². The predicted molar refractivity (Wildman–Crippen MR) is 82.9 cm³/mol. The molecular formula is C16H28N2O3. The second-order valence-electron chi connectivity index (χ2n) is 5.48. The van der Waals surface area contributed by atoms with Crippen molar-refractivity contribution >= 4 is 11.9 Å². The van der Waals surface area contributed by atoms with E-state index >= 15 is 0 Å². The van der Waals surface area contributed by atoms with Crippen molar-refractivity contribution < 1.29 is 14.3 Å². The van der Waals surface area contributed by atoms with Crippen LogP contribution in [0.15, 0.2) is 12.7 Å². The van der Waals surface area contributed by atoms with Gasteiger partial charge in [-0.25, -0.2) is 0 Å². The zero-order chi connectivity index (χ0) is 15.5. The van der Waals surface area contributed by atoms with Crippen LogP contribution < -0.4 is 5.32 Å². The lowest BCUT2D eigenvalue weighted by Crippen LogP contribution is -2.39. The lowest BCUT2D eigenvalue weighted by atomic mass is 9.95. The van der Waals surface area contributed by atoms with Gasteiger partial charge in [0.15, 0.2) is 0 Å². The smallest absolute Gasteiger partial charge is 0.320 e. The highest BCUT2D eigenvalue weighted by atomic mass is 16.5. The van der Waals surface area contributed by atoms with Crippen molar-refractivity contribution in [3.63, 3.8) is 0 Å². The summed E-state index contributed by atoms with van der Waals surface area (Å²) >= 11 is 0. The zero-order valence-corrected chi connectivity index (χ0v) is 13.1. The van der Waals surface area contributed by atoms with Crippen molar-refractivity contribution in [2.45, 2.75) is 51.5 Å². The molecule has 1 aliphatic rings. The van der Waals surface area contributed by atoms with Crippen LogP contribution in [0.25, 0.3) is 0 Å². The van der Waals surface area contributed by atoms with Gasteiger partial charge >= 0.3 is 5.97 Å². The number of esters is 1. The molecule has 0 spiro atoms. The summed E-state index contributed by atoms with van der Waals surface area (Å²) in [5.41, 5.74) is 0. The van der Waals surface area contributed by atoms with Gasteiger partial charge in [-0.1, -0.05) is 25.3 Å². The van der Waals surface area contributed by atoms with Crippen molar-refractivity contribution in [3.05, 3.63) is 12.7 Å². The maximum absolute atomic E-state index is 12.0. The zero-order valence-electron chi connectivity index (χ0n) is 13.1. The third-order valence-corrected chi connectivity index (χ3v) is 3.67. The Morgan fingerprint density at radius 2 is 2.05 bits per heavy atom. The molecule has 1 rings (SSSR count). The summed E-state index contributed by atoms with van der Waals surface area (Å²) in [6.45, 7) is 7.17. The minimum Gasteiger partial charge on any atom is -0.465 e. The fourth-order valence-electron chi connectivity index (χ4n) is 2.61. The molecule has 5 nitrogen and oxygen atoms in total. The van der Waals surface area contributed by atoms with E-state index in [1.165, 1.54) is 19.3 Å². The van der Waals surface area contributed by atoms with E-state index in [-0.39, 0.29) is 18.4 Å². The van der Waals surface area contributed by atoms with Crippen LogP contribution >= 0.6 is 0 Å². The van der Waals surface area contributed by atoms with Gasteiger partial charge in [-0.2, -0.15) is 0 Å². The summed E-state index contributed by atoms with van der Waals surface area (Å²) in [6, 6.07) is 0.337. The molecular weight excluding hydrogens is 268 g/mol. The summed E-state index contributed by atoms with van der Waals surface area (Å²) < 4.78 is 4.93. The molecule has 1 saturated carbocycles. The average Bonchev–Trinajstić information content (AvgIpc) is 2.46. The predicted octanol–water partition coefficient (Wildman–Crippen LogP) is 1.88. The molecule has 0 unspecified atom stereocenters. The van der Waals surface area contributed by atoms with E-state index in [4.69, 9.17) is 4.74 Å². The lowest BCUT2D eigenvalue weighted by Gasteiger charge is -2.24. The molecule has 1 amide bonds. The number of nitrogens with zero attached hydrogens (tertiary/aromatic N) is 1. The molecule has 1 aliphatic carbocycles. The van der Waals surface area contributed by atoms with Gasteiger partial charge in [-0.05, 0) is 19.8 Å². The first-order valence-electron chi connectivity index (χ1n) is 7.94. The molecule has 120 valence electrons. The molecule has 21 heavy (non-hydrogen) atoms. The minimum atomic E-state index is -0.257. The van der Waals surface area contributed by atoms with E-state index in [1.54, 1.807) is 13.0 Å². The second-order valence-corrected chi connectivity index (χ2v) is 5.48. The number of hydrogen-bond acceptors (Lipinski definition) is 4. The largest absolute Gasteiger partial charge is 0.465 e. The molecule has 0 radical (unpaired) electrons. The third-order valence-electron chi connectivity index (χ3n) is 3.67. The fraction of sp³-hybridized carbons (Fsp3) is 0.750. The Bertz CT molecular complexity index is 338. The highest BCUT2D eigenvalue weighted by Gasteiger charge is 2.17. The summed E-state index contributed by atoms with van der Waals surface area (Å²) in [5.74, 6) is -0.188. The molecule has 0 aromatic carbocycles. The van der Waals surface area contributed by atoms with Crippen molar-refractivity contribution in [2.24, 2.45) is 0 Å². The molecule has 0 aromatic rings. The Balaban J connectivity index is 2.28. The highest BCUT2D eigenvalue weighted by molar-refractivity contribution is 5.76. The van der Waals surface area contributed by atoms with Gasteiger partial charge in [0.1, 0.15) is 0 Å². The molecule has 0 heterocycles. The standard InChI is InChI=1S/C16H28N2O3/c1-3-11-18(13-16(20)21-4-2)12-10-15(19)17-14-8-6-5-7-9-14/h3,14H,1,4-13H2,2H3,(H,17,19). The first kappa shape index (κ1) is 17.7. The average molecular weight is 296 g/mol. The van der Waals surface area contributed by atoms with Crippen molar-refractivity contribution in [1.82, 2.24) is 10.2 Å². The van der Waals surface area contributed by atoms with Crippen molar-refractivity contribution in [3.8, 4) is 0 Å². The molecule has 0 bridgehead atoms. The van der Waals surface area contributed by atoms with E-state index < -0.39 is 0 Å². The Labute approximate surface area is 127 Å². The monoisotopic (exact) mass is 296 g/mol. The number of nitrogens with one attached hydrogen (secondary N) is 1. The Kier molecular flexibility index (Phi) is 8.74. The molecule has 0 aliphatic heterocycles. The Morgan fingerprint density at radius 3 is 2.67 bits per heavy atom. The van der Waals surface area contributed by atoms with Crippen LogP contribution in [0.2, 0.25) is 0 Å². The molecule has 1 N–H and O–H groups in total. The van der Waals surface area contributed by atoms with Crippen LogP contribution in [-0.2, 0) is 14.3 Å². The van der Waals surface area contributed by atoms with Gasteiger partial charge in [0.2, 0.25) is 5.91 Å². The summed E-state index contributed by atoms with van der Waals surface area (Å²) in [7, 11) is 0. The van der Waals surface area contributed by atoms with Gasteiger partial charge in [0, 0.05) is 25.6 Å². The lowest BCUT2D eigenvalue weighted by molar-refractivity contribution is -0.144. The third kappa shape index (κ3) is 7.85.